The second kappa shape index (κ2) is 9.60. The van der Waals surface area contributed by atoms with Crippen molar-refractivity contribution >= 4 is 0 Å². The Morgan fingerprint density at radius 1 is 0.923 bits per heavy atom. The van der Waals surface area contributed by atoms with Crippen molar-refractivity contribution < 1.29 is 28.9 Å². The van der Waals surface area contributed by atoms with E-state index in [4.69, 9.17) is 0 Å². The third-order valence-electron chi connectivity index (χ3n) is 3.07. The van der Waals surface area contributed by atoms with Gasteiger partial charge in [-0.05, 0) is 11.8 Å². The van der Waals surface area contributed by atoms with Gasteiger partial charge in [-0.1, -0.05) is 35.5 Å². The van der Waals surface area contributed by atoms with Gasteiger partial charge < -0.3 is 15.2 Å². The second-order valence-corrected chi connectivity index (χ2v) is 4.76. The van der Waals surface area contributed by atoms with Gasteiger partial charge in [-0.2, -0.15) is 0 Å². The molecule has 0 atom stereocenters. The molecule has 3 aromatic heterocycles. The number of benzene rings is 1. The number of pyridine rings is 1. The van der Waals surface area contributed by atoms with E-state index in [9.17, 15) is 8.78 Å². The molecular formula is C18H11F2IrN5-2. The Hall–Kier alpha value is -2.83. The molecule has 0 N–H and O–H groups in total. The van der Waals surface area contributed by atoms with Crippen LogP contribution < -0.4 is 5.10 Å². The predicted octanol–water partition coefficient (Wildman–Crippen LogP) is 3.32. The molecule has 0 spiro atoms. The van der Waals surface area contributed by atoms with Crippen molar-refractivity contribution in [2.45, 2.75) is 0 Å². The summed E-state index contributed by atoms with van der Waals surface area (Å²) in [6.07, 6.45) is 8.09. The Morgan fingerprint density at radius 3 is 2.38 bits per heavy atom. The minimum Gasteiger partial charge on any atom is -0.574 e. The van der Waals surface area contributed by atoms with Crippen LogP contribution in [0.3, 0.4) is 0 Å². The first-order valence-electron chi connectivity index (χ1n) is 7.23. The Kier molecular flexibility index (Phi) is 7.20. The molecule has 1 aromatic carbocycles. The van der Waals surface area contributed by atoms with E-state index >= 15 is 0 Å². The van der Waals surface area contributed by atoms with E-state index in [1.54, 1.807) is 55.2 Å². The van der Waals surface area contributed by atoms with E-state index in [0.717, 1.165) is 23.5 Å². The minimum absolute atomic E-state index is 0. The van der Waals surface area contributed by atoms with Crippen LogP contribution in [0.4, 0.5) is 8.78 Å². The van der Waals surface area contributed by atoms with Crippen molar-refractivity contribution in [3.63, 3.8) is 0 Å². The summed E-state index contributed by atoms with van der Waals surface area (Å²) >= 11 is 0. The van der Waals surface area contributed by atoms with Crippen LogP contribution in [0.5, 0.6) is 0 Å². The van der Waals surface area contributed by atoms with Crippen molar-refractivity contribution in [2.24, 2.45) is 0 Å². The van der Waals surface area contributed by atoms with Gasteiger partial charge in [0, 0.05) is 56.5 Å². The molecule has 0 saturated heterocycles. The maximum atomic E-state index is 13.2. The van der Waals surface area contributed by atoms with E-state index < -0.39 is 11.6 Å². The van der Waals surface area contributed by atoms with Gasteiger partial charge in [-0.15, -0.1) is 12.1 Å². The fraction of sp³-hybridized carbons (Fsp3) is 0. The summed E-state index contributed by atoms with van der Waals surface area (Å²) in [5.74, 6) is -1.29. The van der Waals surface area contributed by atoms with Gasteiger partial charge in [-0.3, -0.25) is 18.7 Å². The Morgan fingerprint density at radius 2 is 1.77 bits per heavy atom. The summed E-state index contributed by atoms with van der Waals surface area (Å²) in [6.45, 7) is 0. The van der Waals surface area contributed by atoms with Crippen LogP contribution in [-0.4, -0.2) is 20.1 Å². The number of aromatic nitrogens is 5. The van der Waals surface area contributed by atoms with Crippen LogP contribution in [0.15, 0.2) is 67.4 Å². The number of hydrogen-bond donors (Lipinski definition) is 0. The minimum atomic E-state index is -0.649. The van der Waals surface area contributed by atoms with E-state index in [0.29, 0.717) is 5.69 Å². The summed E-state index contributed by atoms with van der Waals surface area (Å²) in [4.78, 5) is 11.9. The zero-order valence-corrected chi connectivity index (χ0v) is 15.6. The third kappa shape index (κ3) is 5.08. The fourth-order valence-electron chi connectivity index (χ4n) is 1.95. The van der Waals surface area contributed by atoms with Crippen LogP contribution in [0.1, 0.15) is 0 Å². The van der Waals surface area contributed by atoms with E-state index in [1.165, 1.54) is 0 Å². The molecule has 26 heavy (non-hydrogen) atoms. The van der Waals surface area contributed by atoms with Gasteiger partial charge in [0.2, 0.25) is 0 Å². The molecular weight excluding hydrogens is 516 g/mol. The summed E-state index contributed by atoms with van der Waals surface area (Å²) in [5, 5.41) is 7.51. The van der Waals surface area contributed by atoms with E-state index in [2.05, 4.69) is 31.2 Å². The monoisotopic (exact) mass is 528 g/mol. The van der Waals surface area contributed by atoms with Crippen molar-refractivity contribution in [2.75, 3.05) is 0 Å². The maximum absolute atomic E-state index is 13.2. The fourth-order valence-corrected chi connectivity index (χ4v) is 1.95. The van der Waals surface area contributed by atoms with Gasteiger partial charge in [0.15, 0.2) is 0 Å². The number of halogens is 2. The van der Waals surface area contributed by atoms with Gasteiger partial charge in [-0.25, -0.2) is 0 Å². The van der Waals surface area contributed by atoms with Gasteiger partial charge >= 0.3 is 0 Å². The van der Waals surface area contributed by atoms with Crippen LogP contribution in [0.2, 0.25) is 0 Å². The summed E-state index contributed by atoms with van der Waals surface area (Å²) < 4.78 is 25.8. The Labute approximate surface area is 161 Å². The smallest absolute Gasteiger partial charge is 0.0677 e. The molecule has 3 heterocycles. The van der Waals surface area contributed by atoms with Crippen LogP contribution in [0.25, 0.3) is 22.6 Å². The molecule has 4 aromatic rings. The first-order chi connectivity index (χ1) is 12.2. The molecule has 0 aliphatic rings. The largest absolute Gasteiger partial charge is 0.574 e. The van der Waals surface area contributed by atoms with E-state index in [1.807, 2.05) is 0 Å². The summed E-state index contributed by atoms with van der Waals surface area (Å²) in [5.41, 5.74) is 2.15. The SMILES string of the molecule is Fc1c[c-]c(-c2ccccn2)c(F)c1.[Ir].c1cnc(-c2ccn[n-]2)cn1. The molecule has 4 rings (SSSR count). The summed E-state index contributed by atoms with van der Waals surface area (Å²) in [7, 11) is 0. The number of nitrogens with zero attached hydrogens (tertiary/aromatic N) is 5. The number of hydrogen-bond acceptors (Lipinski definition) is 4. The van der Waals surface area contributed by atoms with Crippen LogP contribution in [0, 0.1) is 17.7 Å². The third-order valence-corrected chi connectivity index (χ3v) is 3.07. The standard InChI is InChI=1S/C11H6F2N.C7H5N4.Ir/c12-8-4-5-9(10(13)7-8)11-3-1-2-6-14-11;1-2-10-11-6(1)7-5-8-3-4-9-7;/h1-4,6-7H;1-5H;/q2*-1;. The normalized spacial score (nSPS) is 9.62. The second-order valence-electron chi connectivity index (χ2n) is 4.76. The van der Waals surface area contributed by atoms with Gasteiger partial charge in [0.25, 0.3) is 0 Å². The molecule has 0 fully saturated rings. The first-order valence-corrected chi connectivity index (χ1v) is 7.23. The Balaban J connectivity index is 0.000000184. The van der Waals surface area contributed by atoms with Crippen LogP contribution in [-0.2, 0) is 20.1 Å². The molecule has 1 radical (unpaired) electrons. The van der Waals surface area contributed by atoms with Crippen molar-refractivity contribution in [3.8, 4) is 22.6 Å². The van der Waals surface area contributed by atoms with Gasteiger partial charge in [0.1, 0.15) is 0 Å². The quantitative estimate of drug-likeness (QED) is 0.375. The molecule has 0 amide bonds. The first kappa shape index (κ1) is 19.5. The Bertz CT molecular complexity index is 919. The molecule has 0 saturated carbocycles. The zero-order chi connectivity index (χ0) is 17.5. The molecule has 8 heteroatoms. The topological polar surface area (TPSA) is 65.7 Å². The van der Waals surface area contributed by atoms with Crippen molar-refractivity contribution in [1.29, 1.82) is 0 Å². The molecule has 0 unspecified atom stereocenters. The van der Waals surface area contributed by atoms with Crippen molar-refractivity contribution in [1.82, 2.24) is 25.1 Å². The molecule has 5 nitrogen and oxygen atoms in total. The molecule has 0 bridgehead atoms. The van der Waals surface area contributed by atoms with Gasteiger partial charge in [0.05, 0.1) is 11.9 Å². The molecule has 0 aliphatic heterocycles. The maximum Gasteiger partial charge on any atom is 0.0677 e. The van der Waals surface area contributed by atoms with Crippen molar-refractivity contribution in [3.05, 3.63) is 85.1 Å². The molecule has 133 valence electrons. The average molecular weight is 528 g/mol. The predicted molar refractivity (Wildman–Crippen MR) is 87.0 cm³/mol. The molecule has 0 aliphatic carbocycles. The number of rotatable bonds is 2. The van der Waals surface area contributed by atoms with Crippen LogP contribution >= 0.6 is 0 Å². The average Bonchev–Trinajstić information content (AvgIpc) is 3.19. The zero-order valence-electron chi connectivity index (χ0n) is 13.2. The summed E-state index contributed by atoms with van der Waals surface area (Å²) in [6, 6.07) is 11.3. The van der Waals surface area contributed by atoms with E-state index in [-0.39, 0.29) is 25.7 Å².